The Balaban J connectivity index is 1.66. The summed E-state index contributed by atoms with van der Waals surface area (Å²) in [5.74, 6) is -2.24. The molecule has 0 aromatic heterocycles. The molecule has 8 heteroatoms. The summed E-state index contributed by atoms with van der Waals surface area (Å²) < 4.78 is 12.2. The van der Waals surface area contributed by atoms with Gasteiger partial charge in [-0.3, -0.25) is 14.4 Å². The van der Waals surface area contributed by atoms with Gasteiger partial charge in [-0.1, -0.05) is 43.2 Å². The van der Waals surface area contributed by atoms with E-state index in [9.17, 15) is 19.5 Å². The molecular weight excluding hydrogens is 520 g/mol. The maximum atomic E-state index is 14.7. The first kappa shape index (κ1) is 31.0. The van der Waals surface area contributed by atoms with Crippen molar-refractivity contribution in [1.29, 1.82) is 0 Å². The number of rotatable bonds is 16. The number of esters is 1. The summed E-state index contributed by atoms with van der Waals surface area (Å²) in [6.07, 6.45) is 9.81. The Labute approximate surface area is 244 Å². The third-order valence-electron chi connectivity index (χ3n) is 8.95. The molecule has 1 aromatic rings. The molecule has 2 unspecified atom stereocenters. The van der Waals surface area contributed by atoms with Crippen LogP contribution in [0.3, 0.4) is 0 Å². The second-order valence-electron chi connectivity index (χ2n) is 11.7. The Hall–Kier alpha value is -2.97. The van der Waals surface area contributed by atoms with Gasteiger partial charge >= 0.3 is 5.97 Å². The number of carbonyl (C=O) groups excluding carboxylic acids is 3. The summed E-state index contributed by atoms with van der Waals surface area (Å²) in [7, 11) is 0. The minimum Gasteiger partial charge on any atom is -0.465 e. The molecule has 1 spiro atoms. The second-order valence-corrected chi connectivity index (χ2v) is 11.7. The van der Waals surface area contributed by atoms with E-state index in [0.29, 0.717) is 45.4 Å². The minimum atomic E-state index is -1.06. The molecule has 3 fully saturated rings. The number of hydrogen-bond acceptors (Lipinski definition) is 6. The molecule has 2 amide bonds. The van der Waals surface area contributed by atoms with Crippen molar-refractivity contribution in [2.24, 2.45) is 11.8 Å². The Bertz CT molecular complexity index is 1110. The van der Waals surface area contributed by atoms with Gasteiger partial charge in [0.1, 0.15) is 11.6 Å². The third-order valence-corrected chi connectivity index (χ3v) is 8.95. The number of amides is 2. The molecule has 3 aliphatic rings. The van der Waals surface area contributed by atoms with Crippen LogP contribution in [-0.4, -0.2) is 71.8 Å². The van der Waals surface area contributed by atoms with Crippen molar-refractivity contribution in [3.8, 4) is 0 Å². The van der Waals surface area contributed by atoms with Crippen LogP contribution >= 0.6 is 0 Å². The Morgan fingerprint density at radius 3 is 2.54 bits per heavy atom. The van der Waals surface area contributed by atoms with Crippen LogP contribution in [0.15, 0.2) is 43.5 Å². The van der Waals surface area contributed by atoms with Gasteiger partial charge in [0.2, 0.25) is 5.91 Å². The zero-order valence-electron chi connectivity index (χ0n) is 24.7. The minimum absolute atomic E-state index is 0.133. The SMILES string of the molecule is C=CCCCCOC(=O)[C@@H]1[C@@H]2CCC3(O2)C(C(=O)N(CC=C)c2c(C)cccc2C)N(CCCCCCO)C(=O)[C@H]13. The highest BCUT2D eigenvalue weighted by Gasteiger charge is 2.75. The Kier molecular flexibility index (Phi) is 10.4. The van der Waals surface area contributed by atoms with E-state index in [4.69, 9.17) is 9.47 Å². The molecule has 4 rings (SSSR count). The van der Waals surface area contributed by atoms with Gasteiger partial charge in [-0.15, -0.1) is 13.2 Å². The molecule has 1 N–H and O–H groups in total. The normalized spacial score (nSPS) is 26.2. The summed E-state index contributed by atoms with van der Waals surface area (Å²) in [6, 6.07) is 5.08. The molecule has 0 saturated carbocycles. The van der Waals surface area contributed by atoms with Gasteiger partial charge in [0, 0.05) is 25.4 Å². The second kappa shape index (κ2) is 13.8. The number of unbranched alkanes of at least 4 members (excludes halogenated alkanes) is 5. The standard InChI is InChI=1S/C33H46N2O6/c1-5-7-8-13-22-40-32(39)26-25-17-18-33(41-25)27(26)30(37)35(20-11-9-10-12-21-36)29(33)31(38)34(19-6-2)28-23(3)15-14-16-24(28)4/h5-6,14-16,25-27,29,36H,1-2,7-13,17-22H2,3-4H3/t25-,26+,27-,29?,33?/m0/s1. The van der Waals surface area contributed by atoms with Crippen molar-refractivity contribution < 1.29 is 29.0 Å². The van der Waals surface area contributed by atoms with Gasteiger partial charge in [-0.25, -0.2) is 0 Å². The predicted octanol–water partition coefficient (Wildman–Crippen LogP) is 4.65. The molecule has 3 saturated heterocycles. The van der Waals surface area contributed by atoms with Crippen LogP contribution in [0.25, 0.3) is 0 Å². The summed E-state index contributed by atoms with van der Waals surface area (Å²) in [6.45, 7) is 12.7. The van der Waals surface area contributed by atoms with Gasteiger partial charge in [0.05, 0.1) is 24.5 Å². The number of ether oxygens (including phenoxy) is 2. The monoisotopic (exact) mass is 566 g/mol. The summed E-state index contributed by atoms with van der Waals surface area (Å²) >= 11 is 0. The van der Waals surface area contributed by atoms with Crippen LogP contribution in [0, 0.1) is 25.7 Å². The van der Waals surface area contributed by atoms with Crippen molar-refractivity contribution in [3.63, 3.8) is 0 Å². The van der Waals surface area contributed by atoms with E-state index < -0.39 is 35.6 Å². The summed E-state index contributed by atoms with van der Waals surface area (Å²) in [5, 5.41) is 9.18. The lowest BCUT2D eigenvalue weighted by molar-refractivity contribution is -0.155. The molecule has 3 heterocycles. The van der Waals surface area contributed by atoms with Crippen LogP contribution in [0.5, 0.6) is 0 Å². The van der Waals surface area contributed by atoms with E-state index in [-0.39, 0.29) is 18.4 Å². The first-order chi connectivity index (χ1) is 19.8. The van der Waals surface area contributed by atoms with Crippen molar-refractivity contribution in [3.05, 3.63) is 54.6 Å². The quantitative estimate of drug-likeness (QED) is 0.178. The van der Waals surface area contributed by atoms with Gasteiger partial charge < -0.3 is 24.4 Å². The molecule has 0 aliphatic carbocycles. The summed E-state index contributed by atoms with van der Waals surface area (Å²) in [4.78, 5) is 45.6. The number of anilines is 1. The van der Waals surface area contributed by atoms with Crippen LogP contribution in [0.2, 0.25) is 0 Å². The molecule has 1 aromatic carbocycles. The van der Waals surface area contributed by atoms with Crippen LogP contribution < -0.4 is 4.90 Å². The van der Waals surface area contributed by atoms with E-state index >= 15 is 0 Å². The highest BCUT2D eigenvalue weighted by atomic mass is 16.6. The fourth-order valence-electron chi connectivity index (χ4n) is 7.15. The molecule has 0 radical (unpaired) electrons. The van der Waals surface area contributed by atoms with E-state index in [1.807, 2.05) is 38.1 Å². The molecule has 41 heavy (non-hydrogen) atoms. The Morgan fingerprint density at radius 2 is 1.85 bits per heavy atom. The zero-order chi connectivity index (χ0) is 29.6. The van der Waals surface area contributed by atoms with Crippen molar-refractivity contribution in [2.75, 3.05) is 31.2 Å². The van der Waals surface area contributed by atoms with Gasteiger partial charge in [-0.05, 0) is 69.9 Å². The number of fused-ring (bicyclic) bond motifs is 1. The number of aryl methyl sites for hydroxylation is 2. The highest BCUT2D eigenvalue weighted by Crippen LogP contribution is 2.59. The maximum Gasteiger partial charge on any atom is 0.312 e. The number of nitrogens with zero attached hydrogens (tertiary/aromatic N) is 2. The largest absolute Gasteiger partial charge is 0.465 e. The number of carbonyl (C=O) groups is 3. The lowest BCUT2D eigenvalue weighted by Crippen LogP contribution is -2.56. The molecule has 224 valence electrons. The lowest BCUT2D eigenvalue weighted by atomic mass is 9.70. The fraction of sp³-hybridized carbons (Fsp3) is 0.606. The van der Waals surface area contributed by atoms with E-state index in [1.54, 1.807) is 15.9 Å². The highest BCUT2D eigenvalue weighted by molar-refractivity contribution is 6.05. The van der Waals surface area contributed by atoms with E-state index in [2.05, 4.69) is 13.2 Å². The molecule has 2 bridgehead atoms. The van der Waals surface area contributed by atoms with E-state index in [0.717, 1.165) is 48.9 Å². The van der Waals surface area contributed by atoms with Gasteiger partial charge in [0.25, 0.3) is 5.91 Å². The topological polar surface area (TPSA) is 96.4 Å². The smallest absolute Gasteiger partial charge is 0.312 e. The van der Waals surface area contributed by atoms with E-state index in [1.165, 1.54) is 0 Å². The molecule has 8 nitrogen and oxygen atoms in total. The van der Waals surface area contributed by atoms with Crippen molar-refractivity contribution >= 4 is 23.5 Å². The van der Waals surface area contributed by atoms with Crippen molar-refractivity contribution in [1.82, 2.24) is 4.90 Å². The van der Waals surface area contributed by atoms with Crippen LogP contribution in [0.4, 0.5) is 5.69 Å². The van der Waals surface area contributed by atoms with Crippen LogP contribution in [-0.2, 0) is 23.9 Å². The predicted molar refractivity (Wildman–Crippen MR) is 158 cm³/mol. The number of aliphatic hydroxyl groups excluding tert-OH is 1. The number of para-hydroxylation sites is 1. The first-order valence-electron chi connectivity index (χ1n) is 15.2. The van der Waals surface area contributed by atoms with Gasteiger partial charge in [0.15, 0.2) is 0 Å². The van der Waals surface area contributed by atoms with Crippen molar-refractivity contribution in [2.45, 2.75) is 89.4 Å². The first-order valence-corrected chi connectivity index (χ1v) is 15.2. The maximum absolute atomic E-state index is 14.7. The fourth-order valence-corrected chi connectivity index (χ4v) is 7.15. The molecule has 5 atom stereocenters. The lowest BCUT2D eigenvalue weighted by Gasteiger charge is -2.37. The van der Waals surface area contributed by atoms with Crippen LogP contribution in [0.1, 0.15) is 68.9 Å². The number of allylic oxidation sites excluding steroid dienone is 1. The third kappa shape index (κ3) is 6.00. The Morgan fingerprint density at radius 1 is 1.12 bits per heavy atom. The zero-order valence-corrected chi connectivity index (χ0v) is 24.7. The number of benzene rings is 1. The average molecular weight is 567 g/mol. The number of aliphatic hydroxyl groups is 1. The molecule has 3 aliphatic heterocycles. The number of likely N-dealkylation sites (tertiary alicyclic amines) is 1. The molecular formula is C33H46N2O6. The summed E-state index contributed by atoms with van der Waals surface area (Å²) in [5.41, 5.74) is 1.68. The van der Waals surface area contributed by atoms with Gasteiger partial charge in [-0.2, -0.15) is 0 Å². The average Bonchev–Trinajstić information content (AvgIpc) is 3.59. The number of hydrogen-bond donors (Lipinski definition) is 1.